The molecule has 26 heavy (non-hydrogen) atoms. The molecule has 1 aromatic heterocycles. The van der Waals surface area contributed by atoms with Crippen molar-refractivity contribution >= 4 is 20.2 Å². The van der Waals surface area contributed by atoms with E-state index in [9.17, 15) is 26.4 Å². The Morgan fingerprint density at radius 3 is 2.38 bits per heavy atom. The molecule has 1 aromatic rings. The topological polar surface area (TPSA) is 151 Å². The molecule has 2 heterocycles. The Hall–Kier alpha value is -1.61. The van der Waals surface area contributed by atoms with Gasteiger partial charge in [-0.3, -0.25) is 22.7 Å². The van der Waals surface area contributed by atoms with Gasteiger partial charge in [-0.2, -0.15) is 16.8 Å². The van der Waals surface area contributed by atoms with Crippen molar-refractivity contribution in [2.75, 3.05) is 19.1 Å². The quantitative estimate of drug-likeness (QED) is 0.545. The van der Waals surface area contributed by atoms with Crippen LogP contribution < -0.4 is 11.2 Å². The van der Waals surface area contributed by atoms with Crippen LogP contribution in [0.15, 0.2) is 21.9 Å². The summed E-state index contributed by atoms with van der Waals surface area (Å²) in [5.41, 5.74) is -4.32. The number of aromatic nitrogens is 2. The summed E-state index contributed by atoms with van der Waals surface area (Å²) in [5.74, 6) is 0. The van der Waals surface area contributed by atoms with Crippen LogP contribution in [0.3, 0.4) is 0 Å². The maximum Gasteiger partial charge on any atom is 0.330 e. The highest BCUT2D eigenvalue weighted by Gasteiger charge is 2.58. The Labute approximate surface area is 147 Å². The smallest absolute Gasteiger partial charge is 0.330 e. The van der Waals surface area contributed by atoms with Crippen molar-refractivity contribution in [3.63, 3.8) is 0 Å². The first kappa shape index (κ1) is 20.7. The summed E-state index contributed by atoms with van der Waals surface area (Å²) in [5, 5.41) is 0. The summed E-state index contributed by atoms with van der Waals surface area (Å²) in [6, 6.07) is 0.938. The van der Waals surface area contributed by atoms with Crippen molar-refractivity contribution in [1.29, 1.82) is 0 Å². The molecule has 1 saturated heterocycles. The first-order chi connectivity index (χ1) is 11.7. The minimum atomic E-state index is -4.16. The Morgan fingerprint density at radius 1 is 1.27 bits per heavy atom. The third-order valence-electron chi connectivity index (χ3n) is 3.51. The van der Waals surface area contributed by atoms with Crippen LogP contribution in [0.25, 0.3) is 0 Å². The number of alkyl halides is 1. The molecule has 0 bridgehead atoms. The van der Waals surface area contributed by atoms with Gasteiger partial charge in [-0.1, -0.05) is 0 Å². The SMILES string of the molecule is C[C@@]1(F)[C@H](OS(C)(=O)=O)C(COS(C)(=O)=O)O[C@H]1n1ccc(=O)[nH]c1=O. The van der Waals surface area contributed by atoms with Gasteiger partial charge in [0.2, 0.25) is 0 Å². The monoisotopic (exact) mass is 416 g/mol. The molecule has 0 aromatic carbocycles. The number of aromatic amines is 1. The van der Waals surface area contributed by atoms with Gasteiger partial charge in [0.05, 0.1) is 19.1 Å². The zero-order valence-corrected chi connectivity index (χ0v) is 15.5. The summed E-state index contributed by atoms with van der Waals surface area (Å²) in [4.78, 5) is 25.0. The Balaban J connectivity index is 2.45. The molecular weight excluding hydrogens is 399 g/mol. The molecule has 0 aliphatic carbocycles. The second-order valence-corrected chi connectivity index (χ2v) is 9.15. The molecule has 4 atom stereocenters. The van der Waals surface area contributed by atoms with Gasteiger partial charge in [0.1, 0.15) is 12.2 Å². The molecule has 11 nitrogen and oxygen atoms in total. The maximum absolute atomic E-state index is 15.3. The number of hydrogen-bond donors (Lipinski definition) is 1. The Morgan fingerprint density at radius 2 is 1.88 bits per heavy atom. The van der Waals surface area contributed by atoms with Crippen molar-refractivity contribution in [3.8, 4) is 0 Å². The van der Waals surface area contributed by atoms with Gasteiger partial charge in [0.15, 0.2) is 11.9 Å². The summed E-state index contributed by atoms with van der Waals surface area (Å²) in [6.45, 7) is 0.179. The highest BCUT2D eigenvalue weighted by Crippen LogP contribution is 2.43. The Bertz CT molecular complexity index is 996. The van der Waals surface area contributed by atoms with E-state index in [1.165, 1.54) is 0 Å². The first-order valence-electron chi connectivity index (χ1n) is 7.09. The molecule has 0 spiro atoms. The lowest BCUT2D eigenvalue weighted by Gasteiger charge is -2.26. The van der Waals surface area contributed by atoms with Crippen molar-refractivity contribution in [2.24, 2.45) is 0 Å². The fraction of sp³-hybridized carbons (Fsp3) is 0.667. The minimum absolute atomic E-state index is 0.678. The molecule has 1 unspecified atom stereocenters. The number of nitrogens with one attached hydrogen (secondary N) is 1. The van der Waals surface area contributed by atoms with Crippen LogP contribution in [0, 0.1) is 0 Å². The molecule has 1 aliphatic heterocycles. The lowest BCUT2D eigenvalue weighted by molar-refractivity contribution is -0.0580. The number of halogens is 1. The van der Waals surface area contributed by atoms with E-state index in [0.717, 1.165) is 25.4 Å². The number of ether oxygens (including phenoxy) is 1. The van der Waals surface area contributed by atoms with Crippen molar-refractivity contribution < 1.29 is 34.3 Å². The maximum atomic E-state index is 15.3. The van der Waals surface area contributed by atoms with E-state index in [2.05, 4.69) is 4.18 Å². The third-order valence-corrected chi connectivity index (χ3v) is 4.63. The highest BCUT2D eigenvalue weighted by molar-refractivity contribution is 7.86. The predicted molar refractivity (Wildman–Crippen MR) is 85.3 cm³/mol. The number of hydrogen-bond acceptors (Lipinski definition) is 9. The molecule has 0 saturated carbocycles. The van der Waals surface area contributed by atoms with Gasteiger partial charge in [-0.15, -0.1) is 0 Å². The molecule has 0 radical (unpaired) electrons. The van der Waals surface area contributed by atoms with E-state index < -0.39 is 62.2 Å². The van der Waals surface area contributed by atoms with Crippen LogP contribution in [0.1, 0.15) is 13.2 Å². The van der Waals surface area contributed by atoms with Crippen LogP contribution in [0.5, 0.6) is 0 Å². The van der Waals surface area contributed by atoms with Gasteiger partial charge in [0.25, 0.3) is 25.8 Å². The fourth-order valence-electron chi connectivity index (χ4n) is 2.49. The average Bonchev–Trinajstić information content (AvgIpc) is 2.67. The standard InChI is InChI=1S/C12H17FN2O9S2/c1-12(13)9(24-26(3,20)21)7(6-22-25(2,18)19)23-10(12)15-5-4-8(16)14-11(15)17/h4-5,7,9-10H,6H2,1-3H3,(H,14,16,17)/t7?,9-,10-,12-/m1/s1. The molecule has 0 amide bonds. The molecule has 1 fully saturated rings. The number of nitrogens with zero attached hydrogens (tertiary/aromatic N) is 1. The zero-order valence-electron chi connectivity index (χ0n) is 13.9. The van der Waals surface area contributed by atoms with Gasteiger partial charge >= 0.3 is 5.69 Å². The van der Waals surface area contributed by atoms with Gasteiger partial charge in [0, 0.05) is 12.3 Å². The molecule has 148 valence electrons. The second-order valence-electron chi connectivity index (χ2n) is 5.91. The lowest BCUT2D eigenvalue weighted by atomic mass is 9.98. The van der Waals surface area contributed by atoms with E-state index >= 15 is 4.39 Å². The van der Waals surface area contributed by atoms with Crippen LogP contribution in [-0.4, -0.2) is 63.4 Å². The largest absolute Gasteiger partial charge is 0.346 e. The van der Waals surface area contributed by atoms with E-state index in [-0.39, 0.29) is 0 Å². The summed E-state index contributed by atoms with van der Waals surface area (Å²) in [7, 11) is -8.09. The normalized spacial score (nSPS) is 29.8. The van der Waals surface area contributed by atoms with E-state index in [1.54, 1.807) is 0 Å². The third kappa shape index (κ3) is 4.76. The van der Waals surface area contributed by atoms with E-state index in [0.29, 0.717) is 10.8 Å². The minimum Gasteiger partial charge on any atom is -0.346 e. The van der Waals surface area contributed by atoms with Gasteiger partial charge in [-0.25, -0.2) is 9.18 Å². The number of H-pyrrole nitrogens is 1. The molecule has 1 aliphatic rings. The van der Waals surface area contributed by atoms with Gasteiger partial charge in [-0.05, 0) is 6.92 Å². The fourth-order valence-corrected chi connectivity index (χ4v) is 3.56. The molecular formula is C12H17FN2O9S2. The summed E-state index contributed by atoms with van der Waals surface area (Å²) < 4.78 is 75.8. The first-order valence-corrected chi connectivity index (χ1v) is 10.7. The van der Waals surface area contributed by atoms with E-state index in [4.69, 9.17) is 8.92 Å². The van der Waals surface area contributed by atoms with Gasteiger partial charge < -0.3 is 4.74 Å². The van der Waals surface area contributed by atoms with Crippen LogP contribution >= 0.6 is 0 Å². The van der Waals surface area contributed by atoms with E-state index in [1.807, 2.05) is 4.98 Å². The van der Waals surface area contributed by atoms with Crippen LogP contribution in [0.2, 0.25) is 0 Å². The Kier molecular flexibility index (Phi) is 5.45. The van der Waals surface area contributed by atoms with Crippen molar-refractivity contribution in [2.45, 2.75) is 31.0 Å². The number of rotatable bonds is 6. The van der Waals surface area contributed by atoms with Crippen LogP contribution in [0.4, 0.5) is 4.39 Å². The van der Waals surface area contributed by atoms with Crippen molar-refractivity contribution in [1.82, 2.24) is 9.55 Å². The second kappa shape index (κ2) is 6.84. The zero-order chi connectivity index (χ0) is 19.9. The van der Waals surface area contributed by atoms with Crippen molar-refractivity contribution in [3.05, 3.63) is 33.1 Å². The molecule has 1 N–H and O–H groups in total. The molecule has 2 rings (SSSR count). The highest BCUT2D eigenvalue weighted by atomic mass is 32.2. The molecule has 14 heteroatoms. The summed E-state index contributed by atoms with van der Waals surface area (Å²) >= 11 is 0. The average molecular weight is 416 g/mol. The van der Waals surface area contributed by atoms with Crippen LogP contribution in [-0.2, 0) is 33.3 Å². The summed E-state index contributed by atoms with van der Waals surface area (Å²) in [6.07, 6.45) is -2.60. The predicted octanol–water partition coefficient (Wildman–Crippen LogP) is -1.52. The lowest BCUT2D eigenvalue weighted by Crippen LogP contribution is -2.46.